The summed E-state index contributed by atoms with van der Waals surface area (Å²) < 4.78 is 19.3. The molecule has 148 valence electrons. The number of benzene rings is 2. The van der Waals surface area contributed by atoms with E-state index in [-0.39, 0.29) is 30.3 Å². The molecule has 1 fully saturated rings. The van der Waals surface area contributed by atoms with Gasteiger partial charge in [0.2, 0.25) is 5.91 Å². The molecule has 0 unspecified atom stereocenters. The molecule has 6 heteroatoms. The lowest BCUT2D eigenvalue weighted by molar-refractivity contribution is -0.131. The predicted octanol–water partition coefficient (Wildman–Crippen LogP) is 3.54. The molecule has 0 aromatic heterocycles. The van der Waals surface area contributed by atoms with Gasteiger partial charge in [0, 0.05) is 44.6 Å². The van der Waals surface area contributed by atoms with Crippen molar-refractivity contribution in [2.24, 2.45) is 0 Å². The molecule has 1 aliphatic heterocycles. The Kier molecular flexibility index (Phi) is 6.63. The Labute approximate surface area is 164 Å². The summed E-state index contributed by atoms with van der Waals surface area (Å²) in [6.07, 6.45) is 0.367. The quantitative estimate of drug-likeness (QED) is 0.685. The van der Waals surface area contributed by atoms with E-state index < -0.39 is 0 Å². The summed E-state index contributed by atoms with van der Waals surface area (Å²) in [6, 6.07) is 13.7. The first-order valence-electron chi connectivity index (χ1n) is 9.62. The topological polar surface area (TPSA) is 49.9 Å². The number of Topliss-reactive ketones (excluding diaryl/α,β-unsaturated/α-hetero) is 1. The molecule has 0 atom stereocenters. The molecule has 5 nitrogen and oxygen atoms in total. The summed E-state index contributed by atoms with van der Waals surface area (Å²) in [5, 5.41) is 0. The smallest absolute Gasteiger partial charge is 0.223 e. The fraction of sp³-hybridized carbons (Fsp3) is 0.364. The molecule has 0 saturated carbocycles. The summed E-state index contributed by atoms with van der Waals surface area (Å²) in [4.78, 5) is 28.5. The van der Waals surface area contributed by atoms with Gasteiger partial charge in [-0.05, 0) is 43.3 Å². The number of anilines is 1. The molecule has 2 aromatic rings. The Hall–Kier alpha value is -2.89. The molecule has 1 heterocycles. The highest BCUT2D eigenvalue weighted by molar-refractivity contribution is 5.98. The van der Waals surface area contributed by atoms with Crippen LogP contribution < -0.4 is 9.64 Å². The molecule has 0 radical (unpaired) electrons. The van der Waals surface area contributed by atoms with E-state index in [4.69, 9.17) is 4.74 Å². The third-order valence-electron chi connectivity index (χ3n) is 4.88. The van der Waals surface area contributed by atoms with Crippen LogP contribution in [-0.4, -0.2) is 49.4 Å². The Morgan fingerprint density at radius 2 is 1.64 bits per heavy atom. The van der Waals surface area contributed by atoms with E-state index in [2.05, 4.69) is 0 Å². The highest BCUT2D eigenvalue weighted by atomic mass is 19.1. The summed E-state index contributed by atoms with van der Waals surface area (Å²) in [5.41, 5.74) is 1.15. The maximum atomic E-state index is 13.9. The van der Waals surface area contributed by atoms with Crippen molar-refractivity contribution in [2.45, 2.75) is 19.8 Å². The average Bonchev–Trinajstić information content (AvgIpc) is 2.73. The number of ketones is 1. The Morgan fingerprint density at radius 3 is 2.29 bits per heavy atom. The first-order chi connectivity index (χ1) is 13.6. The van der Waals surface area contributed by atoms with Gasteiger partial charge in [0.25, 0.3) is 0 Å². The van der Waals surface area contributed by atoms with Crippen LogP contribution in [0.3, 0.4) is 0 Å². The number of rotatable bonds is 7. The molecular formula is C22H25FN2O3. The van der Waals surface area contributed by atoms with Crippen LogP contribution in [0.25, 0.3) is 0 Å². The number of halogens is 1. The van der Waals surface area contributed by atoms with Gasteiger partial charge in [-0.15, -0.1) is 0 Å². The van der Waals surface area contributed by atoms with Gasteiger partial charge in [-0.25, -0.2) is 4.39 Å². The van der Waals surface area contributed by atoms with Crippen molar-refractivity contribution in [2.75, 3.05) is 37.7 Å². The van der Waals surface area contributed by atoms with Crippen LogP contribution in [0.15, 0.2) is 48.5 Å². The predicted molar refractivity (Wildman–Crippen MR) is 106 cm³/mol. The van der Waals surface area contributed by atoms with E-state index in [9.17, 15) is 14.0 Å². The number of hydrogen-bond donors (Lipinski definition) is 0. The highest BCUT2D eigenvalue weighted by Crippen LogP contribution is 2.20. The Balaban J connectivity index is 1.46. The van der Waals surface area contributed by atoms with Crippen LogP contribution in [0.1, 0.15) is 30.1 Å². The minimum Gasteiger partial charge on any atom is -0.494 e. The minimum atomic E-state index is -0.247. The molecule has 0 aliphatic carbocycles. The maximum Gasteiger partial charge on any atom is 0.223 e. The van der Waals surface area contributed by atoms with Crippen molar-refractivity contribution in [3.63, 3.8) is 0 Å². The molecule has 0 bridgehead atoms. The summed E-state index contributed by atoms with van der Waals surface area (Å²) >= 11 is 0. The summed E-state index contributed by atoms with van der Waals surface area (Å²) in [7, 11) is 0. The van der Waals surface area contributed by atoms with Crippen molar-refractivity contribution in [3.8, 4) is 5.75 Å². The van der Waals surface area contributed by atoms with Gasteiger partial charge in [-0.1, -0.05) is 12.1 Å². The average molecular weight is 384 g/mol. The second-order valence-corrected chi connectivity index (χ2v) is 6.70. The van der Waals surface area contributed by atoms with Crippen LogP contribution in [0.2, 0.25) is 0 Å². The van der Waals surface area contributed by atoms with Crippen LogP contribution in [0.4, 0.5) is 10.1 Å². The molecule has 3 rings (SSSR count). The van der Waals surface area contributed by atoms with Crippen molar-refractivity contribution in [3.05, 3.63) is 59.9 Å². The van der Waals surface area contributed by atoms with Gasteiger partial charge >= 0.3 is 0 Å². The molecule has 0 N–H and O–H groups in total. The van der Waals surface area contributed by atoms with Crippen LogP contribution in [0, 0.1) is 5.82 Å². The van der Waals surface area contributed by atoms with Crippen molar-refractivity contribution in [1.29, 1.82) is 0 Å². The number of piperazine rings is 1. The first kappa shape index (κ1) is 19.9. The fourth-order valence-electron chi connectivity index (χ4n) is 3.33. The zero-order valence-corrected chi connectivity index (χ0v) is 16.1. The Morgan fingerprint density at radius 1 is 0.964 bits per heavy atom. The molecule has 0 spiro atoms. The number of amides is 1. The van der Waals surface area contributed by atoms with Crippen LogP contribution in [-0.2, 0) is 4.79 Å². The number of nitrogens with zero attached hydrogens (tertiary/aromatic N) is 2. The van der Waals surface area contributed by atoms with Gasteiger partial charge in [-0.3, -0.25) is 9.59 Å². The number of hydrogen-bond acceptors (Lipinski definition) is 4. The van der Waals surface area contributed by atoms with Crippen LogP contribution in [0.5, 0.6) is 5.75 Å². The summed E-state index contributed by atoms with van der Waals surface area (Å²) in [6.45, 7) is 4.71. The fourth-order valence-corrected chi connectivity index (χ4v) is 3.33. The maximum absolute atomic E-state index is 13.9. The lowest BCUT2D eigenvalue weighted by Gasteiger charge is -2.36. The van der Waals surface area contributed by atoms with E-state index in [1.54, 1.807) is 41.3 Å². The van der Waals surface area contributed by atoms with Gasteiger partial charge in [0.1, 0.15) is 11.6 Å². The molecule has 28 heavy (non-hydrogen) atoms. The van der Waals surface area contributed by atoms with E-state index >= 15 is 0 Å². The third kappa shape index (κ3) is 4.88. The second-order valence-electron chi connectivity index (χ2n) is 6.70. The lowest BCUT2D eigenvalue weighted by atomic mass is 10.1. The van der Waals surface area contributed by atoms with E-state index in [0.29, 0.717) is 44.0 Å². The molecule has 1 amide bonds. The van der Waals surface area contributed by atoms with Gasteiger partial charge in [-0.2, -0.15) is 0 Å². The van der Waals surface area contributed by atoms with Gasteiger partial charge in [0.15, 0.2) is 5.78 Å². The number of para-hydroxylation sites is 1. The van der Waals surface area contributed by atoms with E-state index in [0.717, 1.165) is 5.75 Å². The monoisotopic (exact) mass is 384 g/mol. The number of carbonyl (C=O) groups excluding carboxylic acids is 2. The van der Waals surface area contributed by atoms with Crippen molar-refractivity contribution < 1.29 is 18.7 Å². The SMILES string of the molecule is CCOc1ccc(C(=O)CCC(=O)N2CCN(c3ccccc3F)CC2)cc1. The molecule has 1 saturated heterocycles. The lowest BCUT2D eigenvalue weighted by Crippen LogP contribution is -2.49. The van der Waals surface area contributed by atoms with E-state index in [1.165, 1.54) is 6.07 Å². The zero-order chi connectivity index (χ0) is 19.9. The zero-order valence-electron chi connectivity index (χ0n) is 16.1. The second kappa shape index (κ2) is 9.35. The van der Waals surface area contributed by atoms with Crippen LogP contribution >= 0.6 is 0 Å². The molecule has 1 aliphatic rings. The highest BCUT2D eigenvalue weighted by Gasteiger charge is 2.23. The number of ether oxygens (including phenoxy) is 1. The van der Waals surface area contributed by atoms with Gasteiger partial charge < -0.3 is 14.5 Å². The molecular weight excluding hydrogens is 359 g/mol. The first-order valence-corrected chi connectivity index (χ1v) is 9.62. The largest absolute Gasteiger partial charge is 0.494 e. The van der Waals surface area contributed by atoms with E-state index in [1.807, 2.05) is 17.9 Å². The third-order valence-corrected chi connectivity index (χ3v) is 4.88. The van der Waals surface area contributed by atoms with Crippen molar-refractivity contribution >= 4 is 17.4 Å². The molecule has 2 aromatic carbocycles. The van der Waals surface area contributed by atoms with Gasteiger partial charge in [0.05, 0.1) is 12.3 Å². The van der Waals surface area contributed by atoms with Crippen molar-refractivity contribution in [1.82, 2.24) is 4.90 Å². The standard InChI is InChI=1S/C22H25FN2O3/c1-2-28-18-9-7-17(8-10-18)21(26)11-12-22(27)25-15-13-24(14-16-25)20-6-4-3-5-19(20)23/h3-10H,2,11-16H2,1H3. The summed E-state index contributed by atoms with van der Waals surface area (Å²) in [5.74, 6) is 0.389. The Bertz CT molecular complexity index is 815. The normalized spacial score (nSPS) is 14.1. The minimum absolute atomic E-state index is 0.0347. The number of carbonyl (C=O) groups is 2.